The number of hydrogen-bond donors (Lipinski definition) is 3. The van der Waals surface area contributed by atoms with E-state index < -0.39 is 54.5 Å². The van der Waals surface area contributed by atoms with Gasteiger partial charge in [0.2, 0.25) is 0 Å². The van der Waals surface area contributed by atoms with Crippen LogP contribution in [0.4, 0.5) is 11.4 Å². The molecule has 0 radical (unpaired) electrons. The Balaban J connectivity index is 2.38. The Morgan fingerprint density at radius 1 is 0.917 bits per heavy atom. The second-order valence-corrected chi connectivity index (χ2v) is 9.69. The molecule has 0 amide bonds. The van der Waals surface area contributed by atoms with Crippen LogP contribution in [0.1, 0.15) is 27.7 Å². The first-order valence-corrected chi connectivity index (χ1v) is 12.4. The summed E-state index contributed by atoms with van der Waals surface area (Å²) in [4.78, 5) is 47.0. The molecule has 1 heterocycles. The van der Waals surface area contributed by atoms with Crippen LogP contribution < -0.4 is 16.4 Å². The standard InChI is InChI=1S/C21H25Br2N3O9S/c1-8(27)31-7-15-17(32-9(2)28)18(33-10(3)29)19(34-11(4)30)20(35-15)26-21(36)25-12-5-13(22)16(24)14(23)6-12/h5-6,15,17-20H,7,24H2,1-4H3,(H2,25,26,36)/t15?,17-,18?,19?,20-/m1/s1. The maximum absolute atomic E-state index is 11.9. The number of ether oxygens (including phenoxy) is 5. The predicted molar refractivity (Wildman–Crippen MR) is 138 cm³/mol. The van der Waals surface area contributed by atoms with Crippen LogP contribution in [0.5, 0.6) is 0 Å². The van der Waals surface area contributed by atoms with Gasteiger partial charge in [-0.05, 0) is 56.2 Å². The van der Waals surface area contributed by atoms with Crippen LogP contribution in [-0.4, -0.2) is 66.2 Å². The summed E-state index contributed by atoms with van der Waals surface area (Å²) in [6, 6.07) is 3.36. The molecule has 15 heteroatoms. The Hall–Kier alpha value is -2.49. The van der Waals surface area contributed by atoms with Gasteiger partial charge < -0.3 is 40.1 Å². The van der Waals surface area contributed by atoms with Gasteiger partial charge in [0.1, 0.15) is 12.7 Å². The van der Waals surface area contributed by atoms with E-state index in [4.69, 9.17) is 41.6 Å². The fraction of sp³-hybridized carbons (Fsp3) is 0.476. The highest BCUT2D eigenvalue weighted by Gasteiger charge is 2.52. The van der Waals surface area contributed by atoms with Crippen molar-refractivity contribution in [1.29, 1.82) is 0 Å². The molecule has 0 aliphatic carbocycles. The first-order valence-electron chi connectivity index (χ1n) is 10.4. The molecule has 0 bridgehead atoms. The van der Waals surface area contributed by atoms with Gasteiger partial charge in [0.25, 0.3) is 0 Å². The SMILES string of the molecule is CC(=O)OCC1O[C@@H](NC(=S)Nc2cc(Br)c(N)c(Br)c2)C(OC(C)=O)C(OC(C)=O)[C@@H]1OC(C)=O. The number of nitrogen functional groups attached to an aromatic ring is 1. The molecule has 0 spiro atoms. The highest BCUT2D eigenvalue weighted by Crippen LogP contribution is 2.32. The number of nitrogens with two attached hydrogens (primary N) is 1. The third kappa shape index (κ3) is 8.57. The predicted octanol–water partition coefficient (Wildman–Crippen LogP) is 2.16. The summed E-state index contributed by atoms with van der Waals surface area (Å²) in [6.45, 7) is 4.26. The number of hydrogen-bond acceptors (Lipinski definition) is 11. The smallest absolute Gasteiger partial charge is 0.303 e. The first kappa shape index (κ1) is 29.7. The highest BCUT2D eigenvalue weighted by molar-refractivity contribution is 9.11. The van der Waals surface area contributed by atoms with Crippen molar-refractivity contribution >= 4 is 84.4 Å². The van der Waals surface area contributed by atoms with Gasteiger partial charge in [-0.3, -0.25) is 19.2 Å². The summed E-state index contributed by atoms with van der Waals surface area (Å²) in [6.07, 6.45) is -6.18. The molecule has 1 aromatic carbocycles. The van der Waals surface area contributed by atoms with Crippen LogP contribution >= 0.6 is 44.1 Å². The van der Waals surface area contributed by atoms with Gasteiger partial charge in [0.05, 0.1) is 5.69 Å². The molecular formula is C21H25Br2N3O9S. The number of esters is 4. The molecule has 4 N–H and O–H groups in total. The van der Waals surface area contributed by atoms with Crippen LogP contribution in [0, 0.1) is 0 Å². The summed E-state index contributed by atoms with van der Waals surface area (Å²) in [5.74, 6) is -2.80. The van der Waals surface area contributed by atoms with Crippen LogP contribution in [0.2, 0.25) is 0 Å². The van der Waals surface area contributed by atoms with Crippen molar-refractivity contribution in [3.05, 3.63) is 21.1 Å². The van der Waals surface area contributed by atoms with Crippen molar-refractivity contribution in [3.8, 4) is 0 Å². The Labute approximate surface area is 229 Å². The maximum Gasteiger partial charge on any atom is 0.303 e. The lowest BCUT2D eigenvalue weighted by molar-refractivity contribution is -0.254. The second kappa shape index (κ2) is 13.2. The molecule has 198 valence electrons. The lowest BCUT2D eigenvalue weighted by Gasteiger charge is -2.44. The minimum atomic E-state index is -1.32. The van der Waals surface area contributed by atoms with Crippen molar-refractivity contribution in [2.75, 3.05) is 17.7 Å². The van der Waals surface area contributed by atoms with Gasteiger partial charge in [-0.1, -0.05) is 0 Å². The lowest BCUT2D eigenvalue weighted by Crippen LogP contribution is -2.66. The number of anilines is 2. The Bertz CT molecular complexity index is 1020. The van der Waals surface area contributed by atoms with Gasteiger partial charge in [-0.15, -0.1) is 0 Å². The largest absolute Gasteiger partial charge is 0.463 e. The molecule has 1 saturated heterocycles. The van der Waals surface area contributed by atoms with E-state index in [1.807, 2.05) is 0 Å². The molecular weight excluding hydrogens is 630 g/mol. The average Bonchev–Trinajstić information content (AvgIpc) is 2.73. The normalized spacial score (nSPS) is 23.1. The molecule has 3 unspecified atom stereocenters. The number of rotatable bonds is 7. The van der Waals surface area contributed by atoms with Gasteiger partial charge in [0, 0.05) is 42.3 Å². The van der Waals surface area contributed by atoms with Crippen molar-refractivity contribution in [2.24, 2.45) is 0 Å². The van der Waals surface area contributed by atoms with Crippen LogP contribution in [0.25, 0.3) is 0 Å². The van der Waals surface area contributed by atoms with Crippen molar-refractivity contribution in [2.45, 2.75) is 58.3 Å². The minimum Gasteiger partial charge on any atom is -0.463 e. The van der Waals surface area contributed by atoms with Gasteiger partial charge in [-0.2, -0.15) is 0 Å². The Morgan fingerprint density at radius 2 is 1.42 bits per heavy atom. The third-order valence-corrected chi connectivity index (χ3v) is 6.13. The fourth-order valence-corrected chi connectivity index (χ4v) is 4.72. The van der Waals surface area contributed by atoms with Gasteiger partial charge in [0.15, 0.2) is 29.7 Å². The van der Waals surface area contributed by atoms with Crippen molar-refractivity contribution < 1.29 is 42.9 Å². The summed E-state index contributed by atoms with van der Waals surface area (Å²) in [5, 5.41) is 5.84. The maximum atomic E-state index is 11.9. The molecule has 36 heavy (non-hydrogen) atoms. The molecule has 5 atom stereocenters. The van der Waals surface area contributed by atoms with Crippen LogP contribution in [0.15, 0.2) is 21.1 Å². The number of benzene rings is 1. The molecule has 1 aromatic rings. The topological polar surface area (TPSA) is 165 Å². The zero-order valence-electron chi connectivity index (χ0n) is 19.7. The molecule has 2 rings (SSSR count). The van der Waals surface area contributed by atoms with E-state index in [1.54, 1.807) is 12.1 Å². The van der Waals surface area contributed by atoms with E-state index in [1.165, 1.54) is 6.92 Å². The second-order valence-electron chi connectivity index (χ2n) is 7.57. The number of thiocarbonyl (C=S) groups is 1. The molecule has 0 saturated carbocycles. The van der Waals surface area contributed by atoms with E-state index in [9.17, 15) is 19.2 Å². The molecule has 1 aliphatic heterocycles. The Morgan fingerprint density at radius 3 is 1.92 bits per heavy atom. The first-order chi connectivity index (χ1) is 16.8. The molecule has 1 fully saturated rings. The van der Waals surface area contributed by atoms with Crippen LogP contribution in [-0.2, 0) is 42.9 Å². The van der Waals surface area contributed by atoms with Crippen molar-refractivity contribution in [3.63, 3.8) is 0 Å². The zero-order chi connectivity index (χ0) is 27.2. The van der Waals surface area contributed by atoms with E-state index in [-0.39, 0.29) is 11.7 Å². The third-order valence-electron chi connectivity index (χ3n) is 4.60. The summed E-state index contributed by atoms with van der Waals surface area (Å²) in [7, 11) is 0. The average molecular weight is 655 g/mol. The van der Waals surface area contributed by atoms with Crippen LogP contribution in [0.3, 0.4) is 0 Å². The van der Waals surface area contributed by atoms with E-state index in [2.05, 4.69) is 42.5 Å². The Kier molecular flexibility index (Phi) is 10.9. The van der Waals surface area contributed by atoms with Gasteiger partial charge >= 0.3 is 23.9 Å². The molecule has 0 aromatic heterocycles. The number of nitrogens with one attached hydrogen (secondary N) is 2. The van der Waals surface area contributed by atoms with E-state index >= 15 is 0 Å². The van der Waals surface area contributed by atoms with Gasteiger partial charge in [-0.25, -0.2) is 0 Å². The number of carbonyl (C=O) groups excluding carboxylic acids is 4. The fourth-order valence-electron chi connectivity index (χ4n) is 3.30. The quantitative estimate of drug-likeness (QED) is 0.170. The summed E-state index contributed by atoms with van der Waals surface area (Å²) < 4.78 is 28.3. The number of halogens is 2. The highest BCUT2D eigenvalue weighted by atomic mass is 79.9. The molecule has 12 nitrogen and oxygen atoms in total. The lowest BCUT2D eigenvalue weighted by atomic mass is 9.97. The minimum absolute atomic E-state index is 0.0412. The van der Waals surface area contributed by atoms with Crippen molar-refractivity contribution in [1.82, 2.24) is 5.32 Å². The van der Waals surface area contributed by atoms with E-state index in [0.29, 0.717) is 20.3 Å². The molecule has 1 aliphatic rings. The van der Waals surface area contributed by atoms with E-state index in [0.717, 1.165) is 20.8 Å². The zero-order valence-corrected chi connectivity index (χ0v) is 23.7. The summed E-state index contributed by atoms with van der Waals surface area (Å²) >= 11 is 12.1. The number of carbonyl (C=O) groups is 4. The summed E-state index contributed by atoms with van der Waals surface area (Å²) in [5.41, 5.74) is 6.94. The monoisotopic (exact) mass is 653 g/mol.